The number of hydrogen-bond donors (Lipinski definition) is 2. The molecule has 0 aliphatic rings. The highest BCUT2D eigenvalue weighted by molar-refractivity contribution is 6.31. The Labute approximate surface area is 138 Å². The van der Waals surface area contributed by atoms with Crippen LogP contribution in [-0.4, -0.2) is 41.2 Å². The Kier molecular flexibility index (Phi) is 5.90. The Morgan fingerprint density at radius 3 is 2.91 bits per heavy atom. The van der Waals surface area contributed by atoms with Gasteiger partial charge in [0.05, 0.1) is 17.0 Å². The molecular formula is C16H17ClN2O4. The van der Waals surface area contributed by atoms with Crippen LogP contribution in [0.3, 0.4) is 0 Å². The zero-order chi connectivity index (χ0) is 16.8. The van der Waals surface area contributed by atoms with Gasteiger partial charge in [0.2, 0.25) is 5.91 Å². The van der Waals surface area contributed by atoms with Gasteiger partial charge in [-0.2, -0.15) is 0 Å². The van der Waals surface area contributed by atoms with Crippen LogP contribution in [-0.2, 0) is 20.7 Å². The van der Waals surface area contributed by atoms with E-state index < -0.39 is 12.1 Å². The first kappa shape index (κ1) is 17.2. The number of aliphatic hydroxyl groups is 1. The summed E-state index contributed by atoms with van der Waals surface area (Å²) in [4.78, 5) is 26.7. The first-order valence-electron chi connectivity index (χ1n) is 7.06. The van der Waals surface area contributed by atoms with Crippen LogP contribution in [0.4, 0.5) is 0 Å². The molecule has 1 atom stereocenters. The molecule has 0 bridgehead atoms. The summed E-state index contributed by atoms with van der Waals surface area (Å²) in [7, 11) is 0. The topological polar surface area (TPSA) is 88.5 Å². The van der Waals surface area contributed by atoms with E-state index in [1.54, 1.807) is 12.3 Å². The SMILES string of the molecule is CC(=O)OCC(O)CNC(=O)Cc1ccc2ncc(Cl)cc2c1. The van der Waals surface area contributed by atoms with Crippen LogP contribution in [0.25, 0.3) is 10.9 Å². The smallest absolute Gasteiger partial charge is 0.302 e. The number of pyridine rings is 1. The van der Waals surface area contributed by atoms with E-state index in [2.05, 4.69) is 15.0 Å². The highest BCUT2D eigenvalue weighted by Gasteiger charge is 2.10. The van der Waals surface area contributed by atoms with Crippen LogP contribution in [0.5, 0.6) is 0 Å². The normalized spacial score (nSPS) is 12.0. The lowest BCUT2D eigenvalue weighted by Crippen LogP contribution is -2.35. The van der Waals surface area contributed by atoms with Crippen molar-refractivity contribution in [3.05, 3.63) is 41.0 Å². The number of ether oxygens (including phenoxy) is 1. The number of aromatic nitrogens is 1. The quantitative estimate of drug-likeness (QED) is 0.780. The Morgan fingerprint density at radius 1 is 1.39 bits per heavy atom. The average Bonchev–Trinajstić information content (AvgIpc) is 2.50. The van der Waals surface area contributed by atoms with Crippen LogP contribution in [0.15, 0.2) is 30.5 Å². The molecule has 7 heteroatoms. The van der Waals surface area contributed by atoms with Crippen molar-refractivity contribution in [1.82, 2.24) is 10.3 Å². The van der Waals surface area contributed by atoms with Crippen molar-refractivity contribution in [2.75, 3.05) is 13.2 Å². The molecular weight excluding hydrogens is 320 g/mol. The number of carbonyl (C=O) groups excluding carboxylic acids is 2. The second-order valence-corrected chi connectivity index (χ2v) is 5.55. The van der Waals surface area contributed by atoms with Crippen molar-refractivity contribution in [1.29, 1.82) is 0 Å². The van der Waals surface area contributed by atoms with Crippen molar-refractivity contribution >= 4 is 34.4 Å². The molecule has 6 nitrogen and oxygen atoms in total. The van der Waals surface area contributed by atoms with E-state index in [9.17, 15) is 14.7 Å². The van der Waals surface area contributed by atoms with Crippen molar-refractivity contribution in [3.63, 3.8) is 0 Å². The Hall–Kier alpha value is -2.18. The van der Waals surface area contributed by atoms with Crippen LogP contribution >= 0.6 is 11.6 Å². The molecule has 1 aromatic heterocycles. The molecule has 23 heavy (non-hydrogen) atoms. The third-order valence-electron chi connectivity index (χ3n) is 3.09. The van der Waals surface area contributed by atoms with Gasteiger partial charge in [0, 0.05) is 25.1 Å². The third kappa shape index (κ3) is 5.50. The van der Waals surface area contributed by atoms with Gasteiger partial charge >= 0.3 is 5.97 Å². The fourth-order valence-corrected chi connectivity index (χ4v) is 2.18. The van der Waals surface area contributed by atoms with Gasteiger partial charge in [-0.3, -0.25) is 14.6 Å². The van der Waals surface area contributed by atoms with E-state index in [0.717, 1.165) is 16.5 Å². The van der Waals surface area contributed by atoms with Crippen LogP contribution in [0, 0.1) is 0 Å². The molecule has 1 heterocycles. The molecule has 0 spiro atoms. The predicted octanol–water partition coefficient (Wildman–Crippen LogP) is 1.47. The first-order chi connectivity index (χ1) is 10.9. The molecule has 1 unspecified atom stereocenters. The Balaban J connectivity index is 1.88. The van der Waals surface area contributed by atoms with Crippen molar-refractivity contribution < 1.29 is 19.4 Å². The summed E-state index contributed by atoms with van der Waals surface area (Å²) in [6.45, 7) is 1.13. The zero-order valence-corrected chi connectivity index (χ0v) is 13.3. The number of rotatable bonds is 6. The van der Waals surface area contributed by atoms with Gasteiger partial charge in [0.1, 0.15) is 12.7 Å². The van der Waals surface area contributed by atoms with E-state index in [1.165, 1.54) is 6.92 Å². The monoisotopic (exact) mass is 336 g/mol. The number of fused-ring (bicyclic) bond motifs is 1. The lowest BCUT2D eigenvalue weighted by Gasteiger charge is -2.11. The van der Waals surface area contributed by atoms with Gasteiger partial charge in [-0.15, -0.1) is 0 Å². The number of aliphatic hydroxyl groups excluding tert-OH is 1. The second kappa shape index (κ2) is 7.89. The highest BCUT2D eigenvalue weighted by atomic mass is 35.5. The molecule has 2 aromatic rings. The van der Waals surface area contributed by atoms with E-state index in [-0.39, 0.29) is 25.5 Å². The summed E-state index contributed by atoms with van der Waals surface area (Å²) in [5.41, 5.74) is 1.61. The third-order valence-corrected chi connectivity index (χ3v) is 3.30. The molecule has 0 aliphatic heterocycles. The van der Waals surface area contributed by atoms with Gasteiger partial charge in [-0.05, 0) is 23.8 Å². The van der Waals surface area contributed by atoms with E-state index in [4.69, 9.17) is 11.6 Å². The number of nitrogens with one attached hydrogen (secondary N) is 1. The summed E-state index contributed by atoms with van der Waals surface area (Å²) in [5, 5.41) is 13.6. The summed E-state index contributed by atoms with van der Waals surface area (Å²) in [6.07, 6.45) is 0.811. The molecule has 122 valence electrons. The Morgan fingerprint density at radius 2 is 2.17 bits per heavy atom. The first-order valence-corrected chi connectivity index (χ1v) is 7.44. The fourth-order valence-electron chi connectivity index (χ4n) is 2.02. The zero-order valence-electron chi connectivity index (χ0n) is 12.6. The van der Waals surface area contributed by atoms with Gasteiger partial charge in [0.15, 0.2) is 0 Å². The lowest BCUT2D eigenvalue weighted by molar-refractivity contribution is -0.143. The minimum absolute atomic E-state index is 0.0209. The summed E-state index contributed by atoms with van der Waals surface area (Å²) < 4.78 is 4.65. The number of halogens is 1. The van der Waals surface area contributed by atoms with Gasteiger partial charge in [-0.1, -0.05) is 17.7 Å². The summed E-state index contributed by atoms with van der Waals surface area (Å²) >= 11 is 5.91. The standard InChI is InChI=1S/C16H17ClN2O4/c1-10(20)23-9-14(21)8-19-16(22)5-11-2-3-15-12(4-11)6-13(17)7-18-15/h2-4,6-7,14,21H,5,8-9H2,1H3,(H,19,22). The van der Waals surface area contributed by atoms with E-state index >= 15 is 0 Å². The van der Waals surface area contributed by atoms with E-state index in [0.29, 0.717) is 5.02 Å². The number of carbonyl (C=O) groups is 2. The predicted molar refractivity (Wildman–Crippen MR) is 86.1 cm³/mol. The highest BCUT2D eigenvalue weighted by Crippen LogP contribution is 2.18. The lowest BCUT2D eigenvalue weighted by atomic mass is 10.1. The maximum Gasteiger partial charge on any atom is 0.302 e. The van der Waals surface area contributed by atoms with Crippen LogP contribution in [0.1, 0.15) is 12.5 Å². The number of benzene rings is 1. The molecule has 2 rings (SSSR count). The largest absolute Gasteiger partial charge is 0.463 e. The summed E-state index contributed by atoms with van der Waals surface area (Å²) in [6, 6.07) is 7.28. The van der Waals surface area contributed by atoms with Crippen molar-refractivity contribution in [2.24, 2.45) is 0 Å². The minimum atomic E-state index is -0.928. The maximum atomic E-state index is 11.9. The molecule has 1 amide bonds. The van der Waals surface area contributed by atoms with E-state index in [1.807, 2.05) is 18.2 Å². The number of hydrogen-bond acceptors (Lipinski definition) is 5. The van der Waals surface area contributed by atoms with Crippen molar-refractivity contribution in [2.45, 2.75) is 19.4 Å². The molecule has 1 aromatic carbocycles. The molecule has 0 saturated carbocycles. The number of esters is 1. The molecule has 0 aliphatic carbocycles. The maximum absolute atomic E-state index is 11.9. The molecule has 2 N–H and O–H groups in total. The van der Waals surface area contributed by atoms with Gasteiger partial charge in [-0.25, -0.2) is 0 Å². The molecule has 0 saturated heterocycles. The average molecular weight is 337 g/mol. The second-order valence-electron chi connectivity index (χ2n) is 5.12. The van der Waals surface area contributed by atoms with Crippen LogP contribution in [0.2, 0.25) is 5.02 Å². The van der Waals surface area contributed by atoms with Crippen LogP contribution < -0.4 is 5.32 Å². The van der Waals surface area contributed by atoms with Gasteiger partial charge in [0.25, 0.3) is 0 Å². The summed E-state index contributed by atoms with van der Waals surface area (Å²) in [5.74, 6) is -0.708. The number of amides is 1. The minimum Gasteiger partial charge on any atom is -0.463 e. The van der Waals surface area contributed by atoms with Gasteiger partial charge < -0.3 is 15.2 Å². The van der Waals surface area contributed by atoms with Crippen molar-refractivity contribution in [3.8, 4) is 0 Å². The molecule has 0 fully saturated rings. The fraction of sp³-hybridized carbons (Fsp3) is 0.312. The Bertz CT molecular complexity index is 720. The molecule has 0 radical (unpaired) electrons. The number of nitrogens with zero attached hydrogens (tertiary/aromatic N) is 1.